The molecule has 2 rings (SSSR count). The van der Waals surface area contributed by atoms with E-state index in [4.69, 9.17) is 16.3 Å². The second-order valence-corrected chi connectivity index (χ2v) is 5.66. The van der Waals surface area contributed by atoms with Crippen LogP contribution in [0.1, 0.15) is 24.1 Å². The van der Waals surface area contributed by atoms with Crippen LogP contribution in [0.15, 0.2) is 46.9 Å². The molecule has 0 saturated heterocycles. The molecule has 20 heavy (non-hydrogen) atoms. The highest BCUT2D eigenvalue weighted by Gasteiger charge is 2.13. The number of nitrogens with one attached hydrogen (secondary N) is 1. The fraction of sp³-hybridized carbons (Fsp3) is 0.250. The van der Waals surface area contributed by atoms with Gasteiger partial charge in [0.15, 0.2) is 0 Å². The largest absolute Gasteiger partial charge is 0.494 e. The van der Waals surface area contributed by atoms with Gasteiger partial charge in [-0.1, -0.05) is 29.8 Å². The van der Waals surface area contributed by atoms with Gasteiger partial charge in [-0.2, -0.15) is 0 Å². The first-order valence-corrected chi connectivity index (χ1v) is 7.67. The zero-order valence-electron chi connectivity index (χ0n) is 11.5. The van der Waals surface area contributed by atoms with Crippen LogP contribution in [0.5, 0.6) is 5.75 Å². The highest BCUT2D eigenvalue weighted by molar-refractivity contribution is 9.10. The van der Waals surface area contributed by atoms with Crippen LogP contribution < -0.4 is 10.1 Å². The van der Waals surface area contributed by atoms with Gasteiger partial charge in [-0.05, 0) is 65.3 Å². The molecular formula is C16H17BrClNO. The van der Waals surface area contributed by atoms with E-state index in [1.165, 1.54) is 0 Å². The Bertz CT molecular complexity index is 588. The van der Waals surface area contributed by atoms with Crippen molar-refractivity contribution in [2.24, 2.45) is 0 Å². The lowest BCUT2D eigenvalue weighted by Crippen LogP contribution is -2.17. The van der Waals surface area contributed by atoms with Crippen molar-refractivity contribution in [1.29, 1.82) is 0 Å². The van der Waals surface area contributed by atoms with Crippen LogP contribution in [0, 0.1) is 0 Å². The normalized spacial score (nSPS) is 12.2. The summed E-state index contributed by atoms with van der Waals surface area (Å²) in [5, 5.41) is 4.05. The monoisotopic (exact) mass is 353 g/mol. The van der Waals surface area contributed by atoms with Crippen LogP contribution in [-0.2, 0) is 0 Å². The Morgan fingerprint density at radius 1 is 1.20 bits per heavy atom. The second kappa shape index (κ2) is 7.11. The Morgan fingerprint density at radius 2 is 1.95 bits per heavy atom. The molecule has 2 aromatic rings. The van der Waals surface area contributed by atoms with Crippen molar-refractivity contribution < 1.29 is 4.74 Å². The predicted octanol–water partition coefficient (Wildman–Crippen LogP) is 4.81. The number of benzene rings is 2. The fourth-order valence-corrected chi connectivity index (χ4v) is 2.68. The molecule has 0 amide bonds. The smallest absolute Gasteiger partial charge is 0.119 e. The maximum Gasteiger partial charge on any atom is 0.119 e. The molecule has 1 unspecified atom stereocenters. The van der Waals surface area contributed by atoms with Crippen LogP contribution in [0.2, 0.25) is 5.02 Å². The third-order valence-corrected chi connectivity index (χ3v) is 4.28. The maximum absolute atomic E-state index is 6.05. The van der Waals surface area contributed by atoms with Crippen LogP contribution in [0.3, 0.4) is 0 Å². The van der Waals surface area contributed by atoms with Crippen LogP contribution >= 0.6 is 27.5 Å². The highest BCUT2D eigenvalue weighted by Crippen LogP contribution is 2.30. The van der Waals surface area contributed by atoms with E-state index in [2.05, 4.69) is 33.4 Å². The molecule has 0 aliphatic heterocycles. The van der Waals surface area contributed by atoms with Gasteiger partial charge in [-0.25, -0.2) is 0 Å². The number of hydrogen-bond donors (Lipinski definition) is 1. The average Bonchev–Trinajstić information content (AvgIpc) is 2.44. The summed E-state index contributed by atoms with van der Waals surface area (Å²) in [6, 6.07) is 14.2. The summed E-state index contributed by atoms with van der Waals surface area (Å²) in [5.74, 6) is 0.887. The van der Waals surface area contributed by atoms with Crippen molar-refractivity contribution in [2.75, 3.05) is 13.7 Å². The van der Waals surface area contributed by atoms with E-state index in [0.717, 1.165) is 21.3 Å². The lowest BCUT2D eigenvalue weighted by Gasteiger charge is -2.18. The first-order chi connectivity index (χ1) is 9.65. The summed E-state index contributed by atoms with van der Waals surface area (Å²) in [6.45, 7) is 2.65. The Labute approximate surface area is 133 Å². The SMILES string of the molecule is CCOc1cccc(C(NC)c2ccc(Cl)c(Br)c2)c1. The first-order valence-electron chi connectivity index (χ1n) is 6.50. The quantitative estimate of drug-likeness (QED) is 0.832. The van der Waals surface area contributed by atoms with E-state index in [0.29, 0.717) is 11.6 Å². The van der Waals surface area contributed by atoms with Crippen molar-refractivity contribution in [2.45, 2.75) is 13.0 Å². The lowest BCUT2D eigenvalue weighted by atomic mass is 9.99. The molecule has 106 valence electrons. The van der Waals surface area contributed by atoms with Gasteiger partial charge in [0.1, 0.15) is 5.75 Å². The maximum atomic E-state index is 6.05. The number of halogens is 2. The molecule has 0 aromatic heterocycles. The van der Waals surface area contributed by atoms with Crippen molar-refractivity contribution in [3.63, 3.8) is 0 Å². The molecule has 4 heteroatoms. The molecule has 0 radical (unpaired) electrons. The molecule has 0 aliphatic rings. The molecule has 1 atom stereocenters. The van der Waals surface area contributed by atoms with Gasteiger partial charge < -0.3 is 10.1 Å². The van der Waals surface area contributed by atoms with E-state index in [1.54, 1.807) is 0 Å². The first kappa shape index (κ1) is 15.4. The zero-order chi connectivity index (χ0) is 14.5. The summed E-state index contributed by atoms with van der Waals surface area (Å²) >= 11 is 9.52. The molecular weight excluding hydrogens is 338 g/mol. The summed E-state index contributed by atoms with van der Waals surface area (Å²) in [4.78, 5) is 0. The molecule has 2 nitrogen and oxygen atoms in total. The van der Waals surface area contributed by atoms with E-state index in [1.807, 2.05) is 44.3 Å². The number of rotatable bonds is 5. The number of ether oxygens (including phenoxy) is 1. The summed E-state index contributed by atoms with van der Waals surface area (Å²) in [5.41, 5.74) is 2.31. The Balaban J connectivity index is 2.36. The van der Waals surface area contributed by atoms with Crippen molar-refractivity contribution in [3.05, 3.63) is 63.1 Å². The molecule has 0 heterocycles. The van der Waals surface area contributed by atoms with Crippen LogP contribution in [0.4, 0.5) is 0 Å². The molecule has 0 spiro atoms. The Kier molecular flexibility index (Phi) is 5.46. The average molecular weight is 355 g/mol. The fourth-order valence-electron chi connectivity index (χ4n) is 2.17. The third-order valence-electron chi connectivity index (χ3n) is 3.07. The van der Waals surface area contributed by atoms with Crippen molar-refractivity contribution in [3.8, 4) is 5.75 Å². The summed E-state index contributed by atoms with van der Waals surface area (Å²) < 4.78 is 6.46. The topological polar surface area (TPSA) is 21.3 Å². The van der Waals surface area contributed by atoms with Crippen molar-refractivity contribution >= 4 is 27.5 Å². The second-order valence-electron chi connectivity index (χ2n) is 4.40. The highest BCUT2D eigenvalue weighted by atomic mass is 79.9. The van der Waals surface area contributed by atoms with E-state index in [9.17, 15) is 0 Å². The van der Waals surface area contributed by atoms with Crippen LogP contribution in [-0.4, -0.2) is 13.7 Å². The van der Waals surface area contributed by atoms with Gasteiger partial charge in [0.25, 0.3) is 0 Å². The minimum Gasteiger partial charge on any atom is -0.494 e. The Hall–Kier alpha value is -1.03. The van der Waals surface area contributed by atoms with E-state index < -0.39 is 0 Å². The van der Waals surface area contributed by atoms with Gasteiger partial charge in [0, 0.05) is 4.47 Å². The van der Waals surface area contributed by atoms with Gasteiger partial charge in [0.05, 0.1) is 17.7 Å². The molecule has 0 bridgehead atoms. The van der Waals surface area contributed by atoms with Gasteiger partial charge >= 0.3 is 0 Å². The van der Waals surface area contributed by atoms with Gasteiger partial charge in [0.2, 0.25) is 0 Å². The van der Waals surface area contributed by atoms with Gasteiger partial charge in [-0.3, -0.25) is 0 Å². The minimum atomic E-state index is 0.101. The van der Waals surface area contributed by atoms with E-state index >= 15 is 0 Å². The zero-order valence-corrected chi connectivity index (χ0v) is 13.8. The molecule has 2 aromatic carbocycles. The van der Waals surface area contributed by atoms with Gasteiger partial charge in [-0.15, -0.1) is 0 Å². The third kappa shape index (κ3) is 3.54. The molecule has 1 N–H and O–H groups in total. The lowest BCUT2D eigenvalue weighted by molar-refractivity contribution is 0.339. The summed E-state index contributed by atoms with van der Waals surface area (Å²) in [7, 11) is 1.94. The minimum absolute atomic E-state index is 0.101. The molecule has 0 fully saturated rings. The predicted molar refractivity (Wildman–Crippen MR) is 87.7 cm³/mol. The standard InChI is InChI=1S/C16H17BrClNO/c1-3-20-13-6-4-5-11(9-13)16(19-2)12-7-8-15(18)14(17)10-12/h4-10,16,19H,3H2,1-2H3. The van der Waals surface area contributed by atoms with Crippen LogP contribution in [0.25, 0.3) is 0 Å². The molecule has 0 aliphatic carbocycles. The van der Waals surface area contributed by atoms with E-state index in [-0.39, 0.29) is 6.04 Å². The van der Waals surface area contributed by atoms with Crippen molar-refractivity contribution in [1.82, 2.24) is 5.32 Å². The number of hydrogen-bond acceptors (Lipinski definition) is 2. The molecule has 0 saturated carbocycles. The Morgan fingerprint density at radius 3 is 2.60 bits per heavy atom. The summed E-state index contributed by atoms with van der Waals surface area (Å²) in [6.07, 6.45) is 0.